The zero-order chi connectivity index (χ0) is 13.4. The van der Waals surface area contributed by atoms with Crippen LogP contribution in [0.15, 0.2) is 24.3 Å². The monoisotopic (exact) mass is 246 g/mol. The molecule has 0 radical (unpaired) electrons. The lowest BCUT2D eigenvalue weighted by Crippen LogP contribution is -2.23. The van der Waals surface area contributed by atoms with Crippen molar-refractivity contribution in [2.45, 2.75) is 46.6 Å². The molecule has 100 valence electrons. The molecule has 2 nitrogen and oxygen atoms in total. The molecule has 18 heavy (non-hydrogen) atoms. The van der Waals surface area contributed by atoms with Crippen molar-refractivity contribution in [3.63, 3.8) is 0 Å². The third kappa shape index (κ3) is 2.26. The molecule has 1 aliphatic carbocycles. The number of nitrogen functional groups attached to an aromatic ring is 1. The van der Waals surface area contributed by atoms with Gasteiger partial charge in [-0.15, -0.1) is 0 Å². The Kier molecular flexibility index (Phi) is 3.41. The Morgan fingerprint density at radius 2 is 1.72 bits per heavy atom. The van der Waals surface area contributed by atoms with Crippen LogP contribution in [0.5, 0.6) is 0 Å². The van der Waals surface area contributed by atoms with Gasteiger partial charge in [-0.3, -0.25) is 0 Å². The van der Waals surface area contributed by atoms with Gasteiger partial charge in [-0.25, -0.2) is 0 Å². The normalized spacial score (nSPS) is 20.9. The van der Waals surface area contributed by atoms with Gasteiger partial charge in [0.15, 0.2) is 0 Å². The number of para-hydroxylation sites is 1. The van der Waals surface area contributed by atoms with E-state index in [9.17, 15) is 0 Å². The minimum absolute atomic E-state index is 0.429. The molecule has 3 N–H and O–H groups in total. The van der Waals surface area contributed by atoms with Crippen LogP contribution >= 0.6 is 0 Å². The van der Waals surface area contributed by atoms with Crippen LogP contribution in [-0.2, 0) is 6.42 Å². The van der Waals surface area contributed by atoms with Gasteiger partial charge in [0.25, 0.3) is 0 Å². The van der Waals surface area contributed by atoms with Gasteiger partial charge in [-0.1, -0.05) is 45.9 Å². The molecule has 1 aromatic rings. The van der Waals surface area contributed by atoms with Gasteiger partial charge in [-0.2, -0.15) is 0 Å². The maximum atomic E-state index is 5.94. The molecule has 0 atom stereocenters. The molecular weight excluding hydrogens is 220 g/mol. The zero-order valence-electron chi connectivity index (χ0n) is 12.1. The average Bonchev–Trinajstić information content (AvgIpc) is 2.68. The highest BCUT2D eigenvalue weighted by Crippen LogP contribution is 2.62. The Hall–Kier alpha value is -1.02. The molecule has 1 fully saturated rings. The van der Waals surface area contributed by atoms with Gasteiger partial charge >= 0.3 is 0 Å². The van der Waals surface area contributed by atoms with Gasteiger partial charge in [0, 0.05) is 11.7 Å². The fraction of sp³-hybridized carbons (Fsp3) is 0.625. The van der Waals surface area contributed by atoms with Crippen LogP contribution in [0.1, 0.15) is 39.7 Å². The summed E-state index contributed by atoms with van der Waals surface area (Å²) in [6, 6.07) is 8.81. The van der Waals surface area contributed by atoms with Crippen molar-refractivity contribution in [3.05, 3.63) is 29.8 Å². The first kappa shape index (κ1) is 13.4. The second kappa shape index (κ2) is 4.58. The molecule has 0 heterocycles. The summed E-state index contributed by atoms with van der Waals surface area (Å²) in [6.07, 6.45) is 2.21. The molecule has 0 unspecified atom stereocenters. The maximum Gasteiger partial charge on any atom is 0.0346 e. The number of hydrogen-bond acceptors (Lipinski definition) is 2. The molecule has 2 rings (SSSR count). The second-order valence-electron chi connectivity index (χ2n) is 6.63. The quantitative estimate of drug-likeness (QED) is 0.618. The number of anilines is 1. The smallest absolute Gasteiger partial charge is 0.0346 e. The highest BCUT2D eigenvalue weighted by atomic mass is 15.0. The summed E-state index contributed by atoms with van der Waals surface area (Å²) in [5, 5.41) is 3.69. The fourth-order valence-corrected chi connectivity index (χ4v) is 2.99. The molecule has 0 saturated heterocycles. The highest BCUT2D eigenvalue weighted by molar-refractivity contribution is 5.46. The third-order valence-electron chi connectivity index (χ3n) is 5.05. The van der Waals surface area contributed by atoms with Gasteiger partial charge < -0.3 is 11.1 Å². The van der Waals surface area contributed by atoms with E-state index >= 15 is 0 Å². The van der Waals surface area contributed by atoms with E-state index in [4.69, 9.17) is 5.73 Å². The lowest BCUT2D eigenvalue weighted by molar-refractivity contribution is 0.457. The number of hydrogen-bond donors (Lipinski definition) is 2. The van der Waals surface area contributed by atoms with Crippen molar-refractivity contribution < 1.29 is 0 Å². The van der Waals surface area contributed by atoms with Crippen LogP contribution in [0, 0.1) is 10.8 Å². The van der Waals surface area contributed by atoms with E-state index in [-0.39, 0.29) is 0 Å². The van der Waals surface area contributed by atoms with Crippen molar-refractivity contribution in [3.8, 4) is 0 Å². The molecule has 0 aromatic heterocycles. The first-order valence-corrected chi connectivity index (χ1v) is 6.94. The van der Waals surface area contributed by atoms with Crippen LogP contribution in [0.25, 0.3) is 0 Å². The number of aryl methyl sites for hydroxylation is 1. The van der Waals surface area contributed by atoms with E-state index in [1.807, 2.05) is 12.1 Å². The van der Waals surface area contributed by atoms with E-state index in [1.165, 1.54) is 5.56 Å². The minimum Gasteiger partial charge on any atom is -0.399 e. The van der Waals surface area contributed by atoms with Crippen LogP contribution in [0.3, 0.4) is 0 Å². The predicted molar refractivity (Wildman–Crippen MR) is 78.5 cm³/mol. The summed E-state index contributed by atoms with van der Waals surface area (Å²) in [5.41, 5.74) is 8.99. The number of nitrogens with one attached hydrogen (secondary N) is 1. The molecule has 0 amide bonds. The SMILES string of the molecule is CC1(C)C(NCCCc2ccccc2N)C1(C)C. The van der Waals surface area contributed by atoms with Crippen LogP contribution in [0.4, 0.5) is 5.69 Å². The van der Waals surface area contributed by atoms with Crippen LogP contribution < -0.4 is 11.1 Å². The maximum absolute atomic E-state index is 5.94. The summed E-state index contributed by atoms with van der Waals surface area (Å²) in [6.45, 7) is 10.5. The Labute approximate surface area is 111 Å². The highest BCUT2D eigenvalue weighted by Gasteiger charge is 2.64. The topological polar surface area (TPSA) is 38.0 Å². The Morgan fingerprint density at radius 1 is 1.11 bits per heavy atom. The first-order chi connectivity index (χ1) is 8.37. The molecule has 1 aromatic carbocycles. The van der Waals surface area contributed by atoms with Gasteiger partial charge in [-0.05, 0) is 41.8 Å². The molecule has 2 heteroatoms. The minimum atomic E-state index is 0.429. The van der Waals surface area contributed by atoms with Crippen molar-refractivity contribution in [2.75, 3.05) is 12.3 Å². The van der Waals surface area contributed by atoms with Crippen LogP contribution in [0.2, 0.25) is 0 Å². The molecular formula is C16H26N2. The average molecular weight is 246 g/mol. The van der Waals surface area contributed by atoms with Crippen molar-refractivity contribution in [1.82, 2.24) is 5.32 Å². The predicted octanol–water partition coefficient (Wildman–Crippen LogP) is 3.23. The molecule has 0 spiro atoms. The lowest BCUT2D eigenvalue weighted by Gasteiger charge is -2.08. The molecule has 0 bridgehead atoms. The standard InChI is InChI=1S/C16H26N2/c1-15(2)14(16(15,3)4)18-11-7-9-12-8-5-6-10-13(12)17/h5-6,8,10,14,18H,7,9,11,17H2,1-4H3. The van der Waals surface area contributed by atoms with Crippen molar-refractivity contribution in [2.24, 2.45) is 10.8 Å². The molecule has 0 aliphatic heterocycles. The summed E-state index contributed by atoms with van der Waals surface area (Å²) < 4.78 is 0. The summed E-state index contributed by atoms with van der Waals surface area (Å²) in [5.74, 6) is 0. The number of benzene rings is 1. The molecule has 1 aliphatic rings. The summed E-state index contributed by atoms with van der Waals surface area (Å²) >= 11 is 0. The van der Waals surface area contributed by atoms with E-state index in [0.29, 0.717) is 16.9 Å². The van der Waals surface area contributed by atoms with E-state index < -0.39 is 0 Å². The fourth-order valence-electron chi connectivity index (χ4n) is 2.99. The van der Waals surface area contributed by atoms with E-state index in [2.05, 4.69) is 45.1 Å². The number of rotatable bonds is 5. The second-order valence-corrected chi connectivity index (χ2v) is 6.63. The Balaban J connectivity index is 1.74. The van der Waals surface area contributed by atoms with E-state index in [1.54, 1.807) is 0 Å². The largest absolute Gasteiger partial charge is 0.399 e. The first-order valence-electron chi connectivity index (χ1n) is 6.94. The van der Waals surface area contributed by atoms with Gasteiger partial charge in [0.05, 0.1) is 0 Å². The van der Waals surface area contributed by atoms with Gasteiger partial charge in [0.2, 0.25) is 0 Å². The van der Waals surface area contributed by atoms with Crippen LogP contribution in [-0.4, -0.2) is 12.6 Å². The van der Waals surface area contributed by atoms with E-state index in [0.717, 1.165) is 25.1 Å². The summed E-state index contributed by atoms with van der Waals surface area (Å²) in [7, 11) is 0. The van der Waals surface area contributed by atoms with Crippen molar-refractivity contribution >= 4 is 5.69 Å². The molecule has 1 saturated carbocycles. The Bertz CT molecular complexity index is 407. The third-order valence-corrected chi connectivity index (χ3v) is 5.05. The van der Waals surface area contributed by atoms with Crippen molar-refractivity contribution in [1.29, 1.82) is 0 Å². The zero-order valence-corrected chi connectivity index (χ0v) is 12.1. The Morgan fingerprint density at radius 3 is 2.28 bits per heavy atom. The summed E-state index contributed by atoms with van der Waals surface area (Å²) in [4.78, 5) is 0. The lowest BCUT2D eigenvalue weighted by atomic mass is 10.0. The van der Waals surface area contributed by atoms with Gasteiger partial charge in [0.1, 0.15) is 0 Å². The number of nitrogens with two attached hydrogens (primary N) is 1.